The first-order valence-corrected chi connectivity index (χ1v) is 8.10. The van der Waals surface area contributed by atoms with Gasteiger partial charge in [-0.05, 0) is 18.5 Å². The molecule has 0 aliphatic rings. The summed E-state index contributed by atoms with van der Waals surface area (Å²) in [6.45, 7) is -0.350. The summed E-state index contributed by atoms with van der Waals surface area (Å²) in [5, 5.41) is 27.8. The molecule has 0 aromatic heterocycles. The van der Waals surface area contributed by atoms with E-state index in [1.54, 1.807) is 0 Å². The maximum Gasteiger partial charge on any atom is 0.303 e. The Morgan fingerprint density at radius 2 is 1.29 bits per heavy atom. The second kappa shape index (κ2) is 11.0. The third-order valence-electron chi connectivity index (χ3n) is 2.51. The van der Waals surface area contributed by atoms with Crippen LogP contribution in [0.5, 0.6) is 0 Å². The van der Waals surface area contributed by atoms with Crippen molar-refractivity contribution in [1.82, 2.24) is 10.8 Å². The number of carboxylic acid groups (broad SMARTS) is 2. The highest BCUT2D eigenvalue weighted by molar-refractivity contribution is 7.57. The minimum Gasteiger partial charge on any atom is -0.481 e. The summed E-state index contributed by atoms with van der Waals surface area (Å²) in [6.07, 6.45) is 1.11. The van der Waals surface area contributed by atoms with Crippen molar-refractivity contribution >= 4 is 31.7 Å². The summed E-state index contributed by atoms with van der Waals surface area (Å²) in [7, 11) is -0.860. The minimum absolute atomic E-state index is 0.0557. The molecule has 0 aromatic rings. The van der Waals surface area contributed by atoms with Crippen LogP contribution in [0.3, 0.4) is 0 Å². The van der Waals surface area contributed by atoms with Crippen LogP contribution < -0.4 is 10.8 Å². The molecule has 0 aromatic carbocycles. The van der Waals surface area contributed by atoms with Gasteiger partial charge in [-0.3, -0.25) is 24.4 Å². The number of amides is 2. The zero-order valence-corrected chi connectivity index (χ0v) is 12.3. The van der Waals surface area contributed by atoms with Crippen LogP contribution in [0.15, 0.2) is 0 Å². The van der Waals surface area contributed by atoms with Gasteiger partial charge in [0.1, 0.15) is 0 Å². The van der Waals surface area contributed by atoms with E-state index < -0.39 is 31.7 Å². The maximum atomic E-state index is 11.4. The second-order valence-corrected chi connectivity index (χ2v) is 6.87. The number of nitrogens with one attached hydrogen (secondary N) is 2. The molecule has 0 aliphatic carbocycles. The lowest BCUT2D eigenvalue weighted by molar-refractivity contribution is -0.137. The van der Waals surface area contributed by atoms with E-state index in [4.69, 9.17) is 15.4 Å². The van der Waals surface area contributed by atoms with Crippen LogP contribution in [0.4, 0.5) is 0 Å². The maximum absolute atomic E-state index is 11.4. The van der Waals surface area contributed by atoms with Crippen LogP contribution in [-0.4, -0.2) is 64.2 Å². The standard InChI is InChI=1S/C11H19N2O7P/c14-8(12-7-9(15)13-20)1-4-21(5-2-10(16)17)6-3-11(18)19/h20H,1-7H2,(H,12,14)(H,13,15)(H,16,17)(H,18,19). The lowest BCUT2D eigenvalue weighted by Crippen LogP contribution is -2.35. The van der Waals surface area contributed by atoms with Gasteiger partial charge in [0.25, 0.3) is 5.91 Å². The topological polar surface area (TPSA) is 153 Å². The van der Waals surface area contributed by atoms with Crippen molar-refractivity contribution in [3.63, 3.8) is 0 Å². The fraction of sp³-hybridized carbons (Fsp3) is 0.636. The van der Waals surface area contributed by atoms with Crippen LogP contribution in [0.25, 0.3) is 0 Å². The van der Waals surface area contributed by atoms with Crippen LogP contribution in [0.2, 0.25) is 0 Å². The summed E-state index contributed by atoms with van der Waals surface area (Å²) < 4.78 is 0. The minimum atomic E-state index is -0.957. The molecule has 2 amide bonds. The Morgan fingerprint density at radius 1 is 0.810 bits per heavy atom. The first-order chi connectivity index (χ1) is 9.85. The van der Waals surface area contributed by atoms with Crippen LogP contribution in [0.1, 0.15) is 19.3 Å². The number of aliphatic carboxylic acids is 2. The summed E-state index contributed by atoms with van der Waals surface area (Å²) in [4.78, 5) is 43.2. The zero-order valence-electron chi connectivity index (χ0n) is 11.4. The quantitative estimate of drug-likeness (QED) is 0.194. The number of hydrogen-bond acceptors (Lipinski definition) is 5. The van der Waals surface area contributed by atoms with Gasteiger partial charge in [-0.2, -0.15) is 0 Å². The molecule has 10 heteroatoms. The van der Waals surface area contributed by atoms with Gasteiger partial charge in [0.15, 0.2) is 0 Å². The number of carbonyl (C=O) groups is 4. The number of rotatable bonds is 11. The van der Waals surface area contributed by atoms with E-state index in [0.29, 0.717) is 18.5 Å². The van der Waals surface area contributed by atoms with E-state index in [2.05, 4.69) is 5.32 Å². The van der Waals surface area contributed by atoms with Gasteiger partial charge < -0.3 is 15.5 Å². The van der Waals surface area contributed by atoms with Gasteiger partial charge in [-0.1, -0.05) is 0 Å². The van der Waals surface area contributed by atoms with Crippen molar-refractivity contribution in [3.8, 4) is 0 Å². The van der Waals surface area contributed by atoms with E-state index in [1.807, 2.05) is 0 Å². The van der Waals surface area contributed by atoms with Crippen LogP contribution >= 0.6 is 7.92 Å². The largest absolute Gasteiger partial charge is 0.481 e. The molecule has 0 fully saturated rings. The molecule has 0 bridgehead atoms. The van der Waals surface area contributed by atoms with Crippen LogP contribution in [-0.2, 0) is 19.2 Å². The lowest BCUT2D eigenvalue weighted by Gasteiger charge is -2.15. The Balaban J connectivity index is 4.13. The molecule has 0 heterocycles. The Hall–Kier alpha value is -1.73. The molecule has 0 unspecified atom stereocenters. The van der Waals surface area contributed by atoms with Crippen molar-refractivity contribution in [2.45, 2.75) is 19.3 Å². The number of carboxylic acids is 2. The number of hydrogen-bond donors (Lipinski definition) is 5. The molecular formula is C11H19N2O7P. The lowest BCUT2D eigenvalue weighted by atomic mass is 10.4. The van der Waals surface area contributed by atoms with Gasteiger partial charge in [0.05, 0.1) is 6.54 Å². The van der Waals surface area contributed by atoms with Gasteiger partial charge in [-0.25, -0.2) is 5.48 Å². The van der Waals surface area contributed by atoms with E-state index in [1.165, 1.54) is 5.48 Å². The Kier molecular flexibility index (Phi) is 10.1. The van der Waals surface area contributed by atoms with Crippen molar-refractivity contribution in [1.29, 1.82) is 0 Å². The Labute approximate surface area is 122 Å². The highest BCUT2D eigenvalue weighted by Gasteiger charge is 2.14. The molecule has 0 atom stereocenters. The average Bonchev–Trinajstić information content (AvgIpc) is 2.43. The summed E-state index contributed by atoms with van der Waals surface area (Å²) in [5.74, 6) is -3.07. The Morgan fingerprint density at radius 3 is 1.71 bits per heavy atom. The molecule has 0 saturated heterocycles. The summed E-state index contributed by atoms with van der Waals surface area (Å²) in [5.41, 5.74) is 1.37. The molecule has 0 aliphatic heterocycles. The summed E-state index contributed by atoms with van der Waals surface area (Å²) in [6, 6.07) is 0. The molecule has 120 valence electrons. The van der Waals surface area contributed by atoms with Gasteiger partial charge >= 0.3 is 11.9 Å². The fourth-order valence-corrected chi connectivity index (χ4v) is 3.61. The number of carbonyl (C=O) groups excluding carboxylic acids is 2. The van der Waals surface area contributed by atoms with E-state index in [-0.39, 0.29) is 25.8 Å². The predicted octanol–water partition coefficient (Wildman–Crippen LogP) is -0.571. The van der Waals surface area contributed by atoms with E-state index in [0.717, 1.165) is 0 Å². The molecule has 0 rings (SSSR count). The first kappa shape index (κ1) is 19.3. The average molecular weight is 322 g/mol. The van der Waals surface area contributed by atoms with Crippen molar-refractivity contribution in [3.05, 3.63) is 0 Å². The highest BCUT2D eigenvalue weighted by atomic mass is 31.1. The van der Waals surface area contributed by atoms with Crippen molar-refractivity contribution in [2.24, 2.45) is 0 Å². The molecule has 5 N–H and O–H groups in total. The predicted molar refractivity (Wildman–Crippen MR) is 73.6 cm³/mol. The summed E-state index contributed by atoms with van der Waals surface area (Å²) >= 11 is 0. The van der Waals surface area contributed by atoms with Gasteiger partial charge in [-0.15, -0.1) is 7.92 Å². The zero-order chi connectivity index (χ0) is 16.3. The van der Waals surface area contributed by atoms with Crippen molar-refractivity contribution in [2.75, 3.05) is 25.0 Å². The highest BCUT2D eigenvalue weighted by Crippen LogP contribution is 2.37. The fourth-order valence-electron chi connectivity index (χ4n) is 1.41. The monoisotopic (exact) mass is 322 g/mol. The van der Waals surface area contributed by atoms with E-state index >= 15 is 0 Å². The molecule has 0 saturated carbocycles. The smallest absolute Gasteiger partial charge is 0.303 e. The SMILES string of the molecule is O=C(O)CCP(CCC(=O)O)CCC(=O)NCC(=O)NO. The molecule has 21 heavy (non-hydrogen) atoms. The second-order valence-electron chi connectivity index (χ2n) is 4.19. The third-order valence-corrected chi connectivity index (χ3v) is 5.08. The van der Waals surface area contributed by atoms with Gasteiger partial charge in [0.2, 0.25) is 5.91 Å². The molecular weight excluding hydrogens is 303 g/mol. The molecule has 0 spiro atoms. The molecule has 0 radical (unpaired) electrons. The van der Waals surface area contributed by atoms with Gasteiger partial charge in [0, 0.05) is 19.3 Å². The Bertz CT molecular complexity index is 371. The first-order valence-electron chi connectivity index (χ1n) is 6.20. The van der Waals surface area contributed by atoms with Crippen LogP contribution in [0, 0.1) is 0 Å². The third kappa shape index (κ3) is 11.8. The normalized spacial score (nSPS) is 10.2. The van der Waals surface area contributed by atoms with Crippen molar-refractivity contribution < 1.29 is 34.6 Å². The molecule has 9 nitrogen and oxygen atoms in total. The van der Waals surface area contributed by atoms with E-state index in [9.17, 15) is 19.2 Å². The number of hydroxylamine groups is 1.